The lowest BCUT2D eigenvalue weighted by molar-refractivity contribution is -0.149. The number of methoxy groups -OCH3 is 1. The van der Waals surface area contributed by atoms with Crippen molar-refractivity contribution in [2.75, 3.05) is 13.7 Å². The Labute approximate surface area is 162 Å². The van der Waals surface area contributed by atoms with Crippen molar-refractivity contribution in [1.29, 1.82) is 0 Å². The smallest absolute Gasteiger partial charge is 0.336 e. The Hall–Kier alpha value is -2.83. The number of ether oxygens (including phenoxy) is 2. The van der Waals surface area contributed by atoms with Crippen LogP contribution in [0.1, 0.15) is 37.7 Å². The Morgan fingerprint density at radius 3 is 2.75 bits per heavy atom. The third-order valence-electron chi connectivity index (χ3n) is 5.66. The maximum atomic E-state index is 12.5. The van der Waals surface area contributed by atoms with E-state index in [0.717, 1.165) is 25.7 Å². The van der Waals surface area contributed by atoms with Crippen molar-refractivity contribution in [3.8, 4) is 5.75 Å². The summed E-state index contributed by atoms with van der Waals surface area (Å²) in [5.41, 5.74) is 0.427. The number of benzene rings is 1. The predicted molar refractivity (Wildman–Crippen MR) is 101 cm³/mol. The van der Waals surface area contributed by atoms with Crippen LogP contribution in [0.15, 0.2) is 33.5 Å². The fourth-order valence-corrected chi connectivity index (χ4v) is 4.18. The minimum absolute atomic E-state index is 0.0340. The average molecular weight is 385 g/mol. The molecule has 0 spiro atoms. The van der Waals surface area contributed by atoms with Gasteiger partial charge >= 0.3 is 11.6 Å². The van der Waals surface area contributed by atoms with Gasteiger partial charge in [0.1, 0.15) is 17.9 Å². The molecule has 2 fully saturated rings. The molecule has 2 heterocycles. The molecule has 1 aromatic heterocycles. The largest absolute Gasteiger partial charge is 0.497 e. The molecule has 0 N–H and O–H groups in total. The molecule has 1 saturated carbocycles. The van der Waals surface area contributed by atoms with Gasteiger partial charge in [0, 0.05) is 42.1 Å². The second kappa shape index (κ2) is 7.66. The highest BCUT2D eigenvalue weighted by molar-refractivity contribution is 5.87. The summed E-state index contributed by atoms with van der Waals surface area (Å²) in [6, 6.07) is 6.73. The molecule has 4 rings (SSSR count). The molecule has 1 amide bonds. The minimum atomic E-state index is -0.518. The van der Waals surface area contributed by atoms with Crippen LogP contribution in [-0.2, 0) is 20.9 Å². The lowest BCUT2D eigenvalue weighted by Gasteiger charge is -2.23. The summed E-state index contributed by atoms with van der Waals surface area (Å²) in [5, 5.41) is 0.684. The minimum Gasteiger partial charge on any atom is -0.497 e. The zero-order valence-electron chi connectivity index (χ0n) is 15.8. The summed E-state index contributed by atoms with van der Waals surface area (Å²) in [5.74, 6) is -0.239. The van der Waals surface area contributed by atoms with Crippen LogP contribution in [0.5, 0.6) is 5.75 Å². The van der Waals surface area contributed by atoms with E-state index in [1.54, 1.807) is 18.2 Å². The summed E-state index contributed by atoms with van der Waals surface area (Å²) in [7, 11) is 1.53. The zero-order valence-corrected chi connectivity index (χ0v) is 15.8. The summed E-state index contributed by atoms with van der Waals surface area (Å²) in [4.78, 5) is 38.5. The number of rotatable bonds is 5. The fourth-order valence-electron chi connectivity index (χ4n) is 4.18. The van der Waals surface area contributed by atoms with Crippen molar-refractivity contribution in [1.82, 2.24) is 4.90 Å². The molecule has 2 aromatic rings. The second-order valence-corrected chi connectivity index (χ2v) is 7.45. The van der Waals surface area contributed by atoms with E-state index in [2.05, 4.69) is 0 Å². The molecule has 1 saturated heterocycles. The zero-order chi connectivity index (χ0) is 19.7. The normalized spacial score (nSPS) is 20.1. The third-order valence-corrected chi connectivity index (χ3v) is 5.66. The van der Waals surface area contributed by atoms with Gasteiger partial charge in [-0.25, -0.2) is 4.79 Å². The van der Waals surface area contributed by atoms with Crippen molar-refractivity contribution in [3.05, 3.63) is 40.2 Å². The second-order valence-electron chi connectivity index (χ2n) is 7.45. The van der Waals surface area contributed by atoms with Crippen LogP contribution in [-0.4, -0.2) is 36.5 Å². The van der Waals surface area contributed by atoms with Crippen LogP contribution >= 0.6 is 0 Å². The Balaban J connectivity index is 1.45. The molecular formula is C21H23NO6. The van der Waals surface area contributed by atoms with Gasteiger partial charge in [0.15, 0.2) is 0 Å². The number of carbonyl (C=O) groups excluding carboxylic acids is 2. The van der Waals surface area contributed by atoms with Crippen molar-refractivity contribution in [2.45, 2.75) is 44.8 Å². The number of likely N-dealkylation sites (tertiary alicyclic amines) is 1. The first-order valence-electron chi connectivity index (χ1n) is 9.62. The lowest BCUT2D eigenvalue weighted by atomic mass is 10.1. The number of carbonyl (C=O) groups is 2. The first-order chi connectivity index (χ1) is 13.5. The van der Waals surface area contributed by atoms with E-state index in [4.69, 9.17) is 13.9 Å². The Morgan fingerprint density at radius 2 is 2.00 bits per heavy atom. The van der Waals surface area contributed by atoms with Crippen molar-refractivity contribution >= 4 is 22.8 Å². The first-order valence-corrected chi connectivity index (χ1v) is 9.62. The molecule has 1 aromatic carbocycles. The Kier molecular flexibility index (Phi) is 5.07. The fraction of sp³-hybridized carbons (Fsp3) is 0.476. The molecule has 1 atom stereocenters. The maximum Gasteiger partial charge on any atom is 0.336 e. The number of amides is 1. The van der Waals surface area contributed by atoms with Gasteiger partial charge in [-0.2, -0.15) is 0 Å². The number of nitrogens with zero attached hydrogens (tertiary/aromatic N) is 1. The van der Waals surface area contributed by atoms with E-state index in [0.29, 0.717) is 28.8 Å². The standard InChI is InChI=1S/C21H23NO6/c1-26-16-6-7-17-14(9-20(24)28-18(17)10-16)12-27-21(25)13-8-19(23)22(11-13)15-4-2-3-5-15/h6-7,9-10,13,15H,2-5,8,11-12H2,1H3/t13-/m0/s1. The molecular weight excluding hydrogens is 362 g/mol. The van der Waals surface area contributed by atoms with Crippen LogP contribution in [0.3, 0.4) is 0 Å². The van der Waals surface area contributed by atoms with Gasteiger partial charge in [-0.1, -0.05) is 12.8 Å². The molecule has 7 nitrogen and oxygen atoms in total. The predicted octanol–water partition coefficient (Wildman–Crippen LogP) is 2.64. The van der Waals surface area contributed by atoms with Gasteiger partial charge in [0.2, 0.25) is 5.91 Å². The summed E-state index contributed by atoms with van der Waals surface area (Å²) in [6.45, 7) is 0.387. The van der Waals surface area contributed by atoms with Gasteiger partial charge < -0.3 is 18.8 Å². The van der Waals surface area contributed by atoms with E-state index in [9.17, 15) is 14.4 Å². The highest BCUT2D eigenvalue weighted by atomic mass is 16.5. The molecule has 1 aliphatic carbocycles. The van der Waals surface area contributed by atoms with E-state index in [1.807, 2.05) is 4.90 Å². The SMILES string of the molecule is COc1ccc2c(COC(=O)[C@H]3CC(=O)N(C4CCCC4)C3)cc(=O)oc2c1. The molecule has 1 aliphatic heterocycles. The average Bonchev–Trinajstić information content (AvgIpc) is 3.34. The van der Waals surface area contributed by atoms with Crippen LogP contribution in [0.25, 0.3) is 11.0 Å². The number of hydrogen-bond acceptors (Lipinski definition) is 6. The van der Waals surface area contributed by atoms with Gasteiger partial charge in [-0.3, -0.25) is 9.59 Å². The topological polar surface area (TPSA) is 86.0 Å². The molecule has 28 heavy (non-hydrogen) atoms. The molecule has 148 valence electrons. The summed E-state index contributed by atoms with van der Waals surface area (Å²) < 4.78 is 15.8. The molecule has 0 radical (unpaired) electrons. The Morgan fingerprint density at radius 1 is 1.21 bits per heavy atom. The first kappa shape index (κ1) is 18.5. The van der Waals surface area contributed by atoms with E-state index in [-0.39, 0.29) is 25.0 Å². The third kappa shape index (κ3) is 3.61. The van der Waals surface area contributed by atoms with Gasteiger partial charge in [-0.05, 0) is 25.0 Å². The van der Waals surface area contributed by atoms with Gasteiger partial charge in [0.05, 0.1) is 13.0 Å². The van der Waals surface area contributed by atoms with E-state index in [1.165, 1.54) is 13.2 Å². The van der Waals surface area contributed by atoms with Crippen molar-refractivity contribution in [3.63, 3.8) is 0 Å². The highest BCUT2D eigenvalue weighted by Crippen LogP contribution is 2.30. The van der Waals surface area contributed by atoms with Crippen molar-refractivity contribution in [2.24, 2.45) is 5.92 Å². The number of esters is 1. The summed E-state index contributed by atoms with van der Waals surface area (Å²) in [6.07, 6.45) is 4.51. The van der Waals surface area contributed by atoms with Crippen LogP contribution in [0.2, 0.25) is 0 Å². The molecule has 0 bridgehead atoms. The number of fused-ring (bicyclic) bond motifs is 1. The quantitative estimate of drug-likeness (QED) is 0.581. The van der Waals surface area contributed by atoms with E-state index < -0.39 is 17.5 Å². The van der Waals surface area contributed by atoms with Crippen LogP contribution in [0.4, 0.5) is 0 Å². The monoisotopic (exact) mass is 385 g/mol. The summed E-state index contributed by atoms with van der Waals surface area (Å²) >= 11 is 0. The Bertz CT molecular complexity index is 959. The number of hydrogen-bond donors (Lipinski definition) is 0. The lowest BCUT2D eigenvalue weighted by Crippen LogP contribution is -2.35. The van der Waals surface area contributed by atoms with Gasteiger partial charge in [-0.15, -0.1) is 0 Å². The van der Waals surface area contributed by atoms with E-state index >= 15 is 0 Å². The van der Waals surface area contributed by atoms with Crippen LogP contribution < -0.4 is 10.4 Å². The molecule has 0 unspecified atom stereocenters. The van der Waals surface area contributed by atoms with Crippen molar-refractivity contribution < 1.29 is 23.5 Å². The highest BCUT2D eigenvalue weighted by Gasteiger charge is 2.39. The maximum absolute atomic E-state index is 12.5. The molecule has 2 aliphatic rings. The van der Waals surface area contributed by atoms with Gasteiger partial charge in [0.25, 0.3) is 0 Å². The van der Waals surface area contributed by atoms with Crippen LogP contribution in [0, 0.1) is 5.92 Å². The molecule has 7 heteroatoms.